The van der Waals surface area contributed by atoms with Crippen LogP contribution in [0.3, 0.4) is 0 Å². The number of aromatic amines is 1. The van der Waals surface area contributed by atoms with Crippen molar-refractivity contribution in [2.24, 2.45) is 0 Å². The number of hydrogen-bond donors (Lipinski definition) is 6. The Labute approximate surface area is 358 Å². The van der Waals surface area contributed by atoms with Gasteiger partial charge in [-0.15, -0.1) is 0 Å². The summed E-state index contributed by atoms with van der Waals surface area (Å²) in [6.07, 6.45) is 29.9. The van der Waals surface area contributed by atoms with Gasteiger partial charge in [0.25, 0.3) is 5.56 Å². The topological polar surface area (TPSA) is 219 Å². The number of carbonyl (C=O) groups excluding carboxylic acids is 1. The van der Waals surface area contributed by atoms with Gasteiger partial charge < -0.3 is 35.4 Å². The summed E-state index contributed by atoms with van der Waals surface area (Å²) >= 11 is 0. The van der Waals surface area contributed by atoms with E-state index < -0.39 is 43.9 Å². The van der Waals surface area contributed by atoms with Gasteiger partial charge in [0.15, 0.2) is 17.4 Å². The number of aliphatic hydroxyl groups excluding tert-OH is 1. The molecule has 332 valence electrons. The van der Waals surface area contributed by atoms with Gasteiger partial charge in [0.2, 0.25) is 11.9 Å². The molecule has 17 heteroatoms. The molecule has 61 heavy (non-hydrogen) atoms. The first-order valence-corrected chi connectivity index (χ1v) is 22.4. The maximum absolute atomic E-state index is 14.0. The van der Waals surface area contributed by atoms with E-state index >= 15 is 0 Å². The van der Waals surface area contributed by atoms with Gasteiger partial charge >= 0.3 is 7.75 Å². The fourth-order valence-corrected chi connectivity index (χ4v) is 7.53. The normalized spacial score (nSPS) is 20.9. The third-order valence-corrected chi connectivity index (χ3v) is 11.1. The summed E-state index contributed by atoms with van der Waals surface area (Å²) in [5.74, 6) is 0.0911. The largest absolute Gasteiger partial charge is 0.458 e. The number of H-pyrrole nitrogens is 1. The molecule has 0 spiro atoms. The highest BCUT2D eigenvalue weighted by molar-refractivity contribution is 7.52. The second-order valence-corrected chi connectivity index (χ2v) is 16.4. The first-order chi connectivity index (χ1) is 29.4. The Kier molecular flexibility index (Phi) is 20.6. The van der Waals surface area contributed by atoms with Crippen LogP contribution in [-0.4, -0.2) is 98.2 Å². The molecule has 3 aromatic rings. The molecule has 1 aromatic carbocycles. The summed E-state index contributed by atoms with van der Waals surface area (Å²) in [5, 5.41) is 28.2. The molecule has 1 aliphatic heterocycles. The Hall–Kier alpha value is -4.93. The minimum absolute atomic E-state index is 0.0306. The Morgan fingerprint density at radius 2 is 1.57 bits per heavy atom. The number of imidazole rings is 1. The van der Waals surface area contributed by atoms with Crippen molar-refractivity contribution in [1.29, 1.82) is 0 Å². The zero-order chi connectivity index (χ0) is 43.9. The number of para-hydroxylation sites is 1. The minimum atomic E-state index is -4.06. The standard InChI is InChI=1S/C44H63N8O8P/c1-4-5-6-7-8-9-10-11-12-13-14-15-16-17-18-19-20-21-25-28-37(53)46-29-31-51(3)32-30-48-61(57,60-35-26-23-22-24-27-35)58-33-36-39(54)44(2,56)42(59-36)52-34-47-38-40(52)49-43(45)50-41(38)55/h5-6,8-9,11-12,14-15,17-18,20-24,26-27,34,36,39,42,54,56H,4,7,10,13,16,19,25,28-33H2,1-3H3,(H,46,53)(H,48,57)(H3,45,49,50,55)/b6-5-,9-8-,12-11-,15-14-,18-17-,21-20-/t36-,39-,42-,44-,61?/m1/s1. The van der Waals surface area contributed by atoms with Crippen molar-refractivity contribution in [2.75, 3.05) is 45.6 Å². The number of carbonyl (C=O) groups is 1. The molecule has 1 aliphatic rings. The lowest BCUT2D eigenvalue weighted by atomic mass is 9.96. The van der Waals surface area contributed by atoms with Crippen LogP contribution in [0.5, 0.6) is 5.75 Å². The molecule has 3 heterocycles. The maximum atomic E-state index is 14.0. The maximum Gasteiger partial charge on any atom is 0.458 e. The van der Waals surface area contributed by atoms with E-state index in [-0.39, 0.29) is 35.3 Å². The number of hydrogen-bond acceptors (Lipinski definition) is 12. The number of ether oxygens (including phenoxy) is 1. The van der Waals surface area contributed by atoms with E-state index in [1.54, 1.807) is 30.3 Å². The van der Waals surface area contributed by atoms with Gasteiger partial charge in [-0.3, -0.25) is 23.7 Å². The minimum Gasteiger partial charge on any atom is -0.413 e. The number of aliphatic hydroxyl groups is 2. The predicted molar refractivity (Wildman–Crippen MR) is 240 cm³/mol. The molecule has 7 N–H and O–H groups in total. The smallest absolute Gasteiger partial charge is 0.413 e. The zero-order valence-corrected chi connectivity index (χ0v) is 36.4. The number of nitrogens with one attached hydrogen (secondary N) is 3. The van der Waals surface area contributed by atoms with Gasteiger partial charge in [0.1, 0.15) is 23.6 Å². The van der Waals surface area contributed by atoms with Gasteiger partial charge in [-0.25, -0.2) is 14.6 Å². The molecule has 4 rings (SSSR count). The third kappa shape index (κ3) is 16.5. The molecule has 1 unspecified atom stereocenters. The highest BCUT2D eigenvalue weighted by atomic mass is 31.2. The summed E-state index contributed by atoms with van der Waals surface area (Å²) < 4.78 is 32.9. The van der Waals surface area contributed by atoms with Gasteiger partial charge in [0, 0.05) is 32.6 Å². The molecule has 16 nitrogen and oxygen atoms in total. The van der Waals surface area contributed by atoms with Crippen LogP contribution in [0.1, 0.15) is 71.4 Å². The molecule has 0 aliphatic carbocycles. The van der Waals surface area contributed by atoms with Crippen LogP contribution in [0.25, 0.3) is 11.2 Å². The van der Waals surface area contributed by atoms with Crippen molar-refractivity contribution in [3.63, 3.8) is 0 Å². The number of nitrogens with two attached hydrogens (primary N) is 1. The fraction of sp³-hybridized carbons (Fsp3) is 0.455. The van der Waals surface area contributed by atoms with Crippen LogP contribution < -0.4 is 26.2 Å². The molecule has 2 aromatic heterocycles. The van der Waals surface area contributed by atoms with E-state index in [1.165, 1.54) is 17.8 Å². The Balaban J connectivity index is 1.13. The number of fused-ring (bicyclic) bond motifs is 1. The van der Waals surface area contributed by atoms with Gasteiger partial charge in [0.05, 0.1) is 12.9 Å². The summed E-state index contributed by atoms with van der Waals surface area (Å²) in [4.78, 5) is 37.2. The summed E-state index contributed by atoms with van der Waals surface area (Å²) in [6.45, 7) is 4.67. The summed E-state index contributed by atoms with van der Waals surface area (Å²) in [5.41, 5.74) is 3.27. The lowest BCUT2D eigenvalue weighted by Gasteiger charge is -2.27. The molecule has 1 saturated heterocycles. The molecule has 0 bridgehead atoms. The highest BCUT2D eigenvalue weighted by Crippen LogP contribution is 2.46. The summed E-state index contributed by atoms with van der Waals surface area (Å²) in [7, 11) is -2.19. The lowest BCUT2D eigenvalue weighted by molar-refractivity contribution is -0.121. The number of benzene rings is 1. The molecule has 5 atom stereocenters. The van der Waals surface area contributed by atoms with E-state index in [9.17, 15) is 24.4 Å². The number of allylic oxidation sites excluding steroid dienone is 12. The third-order valence-electron chi connectivity index (χ3n) is 9.58. The van der Waals surface area contributed by atoms with Crippen molar-refractivity contribution < 1.29 is 33.4 Å². The van der Waals surface area contributed by atoms with Gasteiger partial charge in [-0.1, -0.05) is 98.0 Å². The van der Waals surface area contributed by atoms with E-state index in [2.05, 4.69) is 99.1 Å². The van der Waals surface area contributed by atoms with E-state index in [0.717, 1.165) is 38.5 Å². The first kappa shape index (κ1) is 48.7. The first-order valence-electron chi connectivity index (χ1n) is 20.8. The monoisotopic (exact) mass is 862 g/mol. The van der Waals surface area contributed by atoms with Gasteiger partial charge in [-0.05, 0) is 71.0 Å². The van der Waals surface area contributed by atoms with Gasteiger partial charge in [-0.2, -0.15) is 4.98 Å². The summed E-state index contributed by atoms with van der Waals surface area (Å²) in [6, 6.07) is 8.48. The number of amides is 1. The van der Waals surface area contributed by atoms with Crippen LogP contribution in [0.15, 0.2) is 114 Å². The van der Waals surface area contributed by atoms with Crippen molar-refractivity contribution in [3.05, 3.63) is 120 Å². The van der Waals surface area contributed by atoms with E-state index in [4.69, 9.17) is 19.5 Å². The molecular weight excluding hydrogens is 800 g/mol. The number of nitrogens with zero attached hydrogens (tertiary/aromatic N) is 4. The van der Waals surface area contributed by atoms with E-state index in [1.807, 2.05) is 18.0 Å². The van der Waals surface area contributed by atoms with Crippen molar-refractivity contribution in [1.82, 2.24) is 34.8 Å². The number of rotatable bonds is 27. The number of nitrogen functional groups attached to an aromatic ring is 1. The lowest BCUT2D eigenvalue weighted by Crippen LogP contribution is -2.44. The fourth-order valence-electron chi connectivity index (χ4n) is 6.21. The highest BCUT2D eigenvalue weighted by Gasteiger charge is 2.54. The number of anilines is 1. The van der Waals surface area contributed by atoms with Crippen molar-refractivity contribution in [3.8, 4) is 5.75 Å². The molecular formula is C44H63N8O8P. The second-order valence-electron chi connectivity index (χ2n) is 14.7. The molecule has 1 amide bonds. The van der Waals surface area contributed by atoms with Crippen LogP contribution in [-0.2, 0) is 18.6 Å². The Morgan fingerprint density at radius 1 is 0.984 bits per heavy atom. The van der Waals surface area contributed by atoms with Crippen LogP contribution in [0, 0.1) is 0 Å². The van der Waals surface area contributed by atoms with Crippen LogP contribution in [0.4, 0.5) is 5.95 Å². The predicted octanol–water partition coefficient (Wildman–Crippen LogP) is 6.03. The molecule has 0 saturated carbocycles. The second kappa shape index (κ2) is 25.8. The number of likely N-dealkylation sites (N-methyl/N-ethyl adjacent to an activating group) is 1. The van der Waals surface area contributed by atoms with Crippen molar-refractivity contribution in [2.45, 2.75) is 89.3 Å². The zero-order valence-electron chi connectivity index (χ0n) is 35.5. The molecule has 0 radical (unpaired) electrons. The van der Waals surface area contributed by atoms with E-state index in [0.29, 0.717) is 32.5 Å². The SMILES string of the molecule is CC/C=C\C/C=C\C/C=C\C/C=C\C/C=C\C/C=C\CCC(=O)NCCN(C)CCNP(=O)(OC[C@H]1O[C@@H](n2cnc3c(=O)[nH]c(N)nc32)[C@](C)(O)[C@@H]1O)Oc1ccccc1. The Bertz CT molecular complexity index is 2080. The average molecular weight is 863 g/mol. The van der Waals surface area contributed by atoms with Crippen LogP contribution >= 0.6 is 7.75 Å². The number of aromatic nitrogens is 4. The molecule has 1 fully saturated rings. The van der Waals surface area contributed by atoms with Crippen LogP contribution in [0.2, 0.25) is 0 Å². The Morgan fingerprint density at radius 3 is 2.20 bits per heavy atom. The van der Waals surface area contributed by atoms with Crippen molar-refractivity contribution >= 4 is 30.8 Å². The average Bonchev–Trinajstić information content (AvgIpc) is 3.74. The quantitative estimate of drug-likeness (QED) is 0.0382.